The summed E-state index contributed by atoms with van der Waals surface area (Å²) in [5.74, 6) is -3.09. The largest absolute Gasteiger partial charge is 0.416 e. The first-order valence-electron chi connectivity index (χ1n) is 16.6. The number of carbonyl (C=O) groups excluding carboxylic acids is 2. The zero-order chi connectivity index (χ0) is 35.1. The molecule has 0 N–H and O–H groups in total. The predicted molar refractivity (Wildman–Crippen MR) is 161 cm³/mol. The first-order valence-corrected chi connectivity index (χ1v) is 16.6. The van der Waals surface area contributed by atoms with Crippen molar-refractivity contribution in [3.8, 4) is 0 Å². The molecule has 4 aliphatic heterocycles. The van der Waals surface area contributed by atoms with Crippen molar-refractivity contribution in [3.63, 3.8) is 0 Å². The van der Waals surface area contributed by atoms with E-state index in [2.05, 4.69) is 9.80 Å². The molecule has 0 radical (unpaired) electrons. The summed E-state index contributed by atoms with van der Waals surface area (Å²) >= 11 is 0. The summed E-state index contributed by atoms with van der Waals surface area (Å²) in [7, 11) is 0. The number of amides is 2. The minimum absolute atomic E-state index is 0.0208. The lowest BCUT2D eigenvalue weighted by molar-refractivity contribution is -0.143. The van der Waals surface area contributed by atoms with Crippen molar-refractivity contribution >= 4 is 11.8 Å². The number of halogens is 8. The Kier molecular flexibility index (Phi) is 10.3. The van der Waals surface area contributed by atoms with E-state index in [9.17, 15) is 44.7 Å². The van der Waals surface area contributed by atoms with E-state index in [1.807, 2.05) is 4.90 Å². The van der Waals surface area contributed by atoms with Crippen molar-refractivity contribution in [1.82, 2.24) is 19.6 Å². The van der Waals surface area contributed by atoms with Crippen molar-refractivity contribution in [3.05, 3.63) is 70.3 Å². The Morgan fingerprint density at radius 3 is 1.98 bits per heavy atom. The molecule has 4 atom stereocenters. The molecule has 49 heavy (non-hydrogen) atoms. The van der Waals surface area contributed by atoms with Gasteiger partial charge in [0.15, 0.2) is 11.6 Å². The third-order valence-corrected chi connectivity index (χ3v) is 10.4. The van der Waals surface area contributed by atoms with Gasteiger partial charge in [-0.3, -0.25) is 19.4 Å². The van der Waals surface area contributed by atoms with Gasteiger partial charge in [0.2, 0.25) is 5.91 Å². The smallest absolute Gasteiger partial charge is 0.381 e. The fourth-order valence-corrected chi connectivity index (χ4v) is 7.70. The van der Waals surface area contributed by atoms with E-state index < -0.39 is 52.6 Å². The SMILES string of the molecule is O=C(C1CCOC1)N1CC[C@H](N2CCN([C@H]3CCN(C(=O)c4cc(C(F)(F)F)cc(C(F)(F)F)c4)[C@H](Cc4ccc(F)c(F)c4)C3)CC2)C1. The zero-order valence-corrected chi connectivity index (χ0v) is 26.7. The highest BCUT2D eigenvalue weighted by atomic mass is 19.4. The quantitative estimate of drug-likeness (QED) is 0.374. The summed E-state index contributed by atoms with van der Waals surface area (Å²) in [6.45, 7) is 5.38. The summed E-state index contributed by atoms with van der Waals surface area (Å²) in [6.07, 6.45) is -7.81. The van der Waals surface area contributed by atoms with E-state index >= 15 is 0 Å². The lowest BCUT2D eigenvalue weighted by Crippen LogP contribution is -2.58. The molecule has 4 heterocycles. The van der Waals surface area contributed by atoms with Gasteiger partial charge >= 0.3 is 12.4 Å². The summed E-state index contributed by atoms with van der Waals surface area (Å²) in [5.41, 5.74) is -3.57. The minimum atomic E-state index is -5.12. The molecule has 0 aromatic heterocycles. The van der Waals surface area contributed by atoms with Crippen LogP contribution < -0.4 is 0 Å². The molecule has 268 valence electrons. The number of likely N-dealkylation sites (tertiary alicyclic amines) is 2. The van der Waals surface area contributed by atoms with Gasteiger partial charge in [-0.05, 0) is 68.0 Å². The Balaban J connectivity index is 1.15. The fraction of sp³-hybridized carbons (Fsp3) is 0.588. The molecule has 7 nitrogen and oxygen atoms in total. The number of hydrogen-bond donors (Lipinski definition) is 0. The van der Waals surface area contributed by atoms with Gasteiger partial charge < -0.3 is 14.5 Å². The van der Waals surface area contributed by atoms with Crippen LogP contribution >= 0.6 is 0 Å². The van der Waals surface area contributed by atoms with Gasteiger partial charge in [0.25, 0.3) is 5.91 Å². The average molecular weight is 703 g/mol. The number of nitrogens with zero attached hydrogens (tertiary/aromatic N) is 4. The van der Waals surface area contributed by atoms with Crippen molar-refractivity contribution in [1.29, 1.82) is 0 Å². The first kappa shape index (κ1) is 35.5. The molecule has 0 saturated carbocycles. The molecular weight excluding hydrogens is 664 g/mol. The second kappa shape index (κ2) is 14.1. The maximum atomic E-state index is 14.1. The molecule has 0 bridgehead atoms. The number of rotatable bonds is 6. The molecule has 2 amide bonds. The van der Waals surface area contributed by atoms with E-state index in [0.717, 1.165) is 38.1 Å². The van der Waals surface area contributed by atoms with Crippen LogP contribution in [-0.4, -0.2) is 109 Å². The number of carbonyl (C=O) groups is 2. The van der Waals surface area contributed by atoms with E-state index in [1.165, 1.54) is 11.0 Å². The highest BCUT2D eigenvalue weighted by Gasteiger charge is 2.41. The van der Waals surface area contributed by atoms with Crippen LogP contribution in [-0.2, 0) is 28.3 Å². The van der Waals surface area contributed by atoms with Gasteiger partial charge in [-0.1, -0.05) is 6.07 Å². The van der Waals surface area contributed by atoms with Gasteiger partial charge in [0.05, 0.1) is 23.7 Å². The Morgan fingerprint density at radius 2 is 1.39 bits per heavy atom. The topological polar surface area (TPSA) is 56.3 Å². The van der Waals surface area contributed by atoms with Gasteiger partial charge in [0, 0.05) is 76.1 Å². The van der Waals surface area contributed by atoms with Crippen LogP contribution in [0.1, 0.15) is 52.7 Å². The molecule has 0 spiro atoms. The second-order valence-electron chi connectivity index (χ2n) is 13.4. The second-order valence-corrected chi connectivity index (χ2v) is 13.4. The fourth-order valence-electron chi connectivity index (χ4n) is 7.70. The van der Waals surface area contributed by atoms with Crippen LogP contribution in [0.2, 0.25) is 0 Å². The number of piperazine rings is 1. The van der Waals surface area contributed by atoms with Crippen molar-refractivity contribution in [2.45, 2.75) is 62.6 Å². The van der Waals surface area contributed by atoms with E-state index in [0.29, 0.717) is 69.9 Å². The molecular formula is C34H38F8N4O3. The molecule has 15 heteroatoms. The third-order valence-electron chi connectivity index (χ3n) is 10.4. The van der Waals surface area contributed by atoms with Crippen LogP contribution in [0.15, 0.2) is 36.4 Å². The van der Waals surface area contributed by atoms with Gasteiger partial charge in [-0.15, -0.1) is 0 Å². The first-order chi connectivity index (χ1) is 23.2. The number of piperidine rings is 1. The predicted octanol–water partition coefficient (Wildman–Crippen LogP) is 5.47. The average Bonchev–Trinajstić information content (AvgIpc) is 3.79. The summed E-state index contributed by atoms with van der Waals surface area (Å²) < 4.78 is 115. The van der Waals surface area contributed by atoms with E-state index in [1.54, 1.807) is 0 Å². The minimum Gasteiger partial charge on any atom is -0.381 e. The highest BCUT2D eigenvalue weighted by molar-refractivity contribution is 5.95. The van der Waals surface area contributed by atoms with Crippen LogP contribution in [0.5, 0.6) is 0 Å². The summed E-state index contributed by atoms with van der Waals surface area (Å²) in [5, 5.41) is 0. The molecule has 4 fully saturated rings. The van der Waals surface area contributed by atoms with Gasteiger partial charge in [-0.25, -0.2) is 8.78 Å². The molecule has 0 aliphatic carbocycles. The number of hydrogen-bond acceptors (Lipinski definition) is 5. The standard InChI is InChI=1S/C34H38F8N4O3/c35-29-2-1-21(14-30(29)36)13-28-18-26(4-7-46(28)32(48)23-15-24(33(37,38)39)17-25(16-23)34(40,41)42)43-8-10-44(11-9-43)27-3-6-45(19-27)31(47)22-5-12-49-20-22/h1-2,14-17,22,26-28H,3-13,18-20H2/t22?,26-,27-,28+/m0/s1. The van der Waals surface area contributed by atoms with Crippen molar-refractivity contribution in [2.75, 3.05) is 59.0 Å². The van der Waals surface area contributed by atoms with Crippen LogP contribution in [0, 0.1) is 17.6 Å². The number of benzene rings is 2. The Labute approximate surface area is 278 Å². The van der Waals surface area contributed by atoms with E-state index in [-0.39, 0.29) is 42.9 Å². The number of ether oxygens (including phenoxy) is 1. The van der Waals surface area contributed by atoms with Crippen LogP contribution in [0.25, 0.3) is 0 Å². The van der Waals surface area contributed by atoms with Crippen molar-refractivity contribution in [2.24, 2.45) is 5.92 Å². The lowest BCUT2D eigenvalue weighted by atomic mass is 9.90. The zero-order valence-electron chi connectivity index (χ0n) is 26.7. The lowest BCUT2D eigenvalue weighted by Gasteiger charge is -2.47. The van der Waals surface area contributed by atoms with Crippen molar-refractivity contribution < 1.29 is 49.4 Å². The Bertz CT molecular complexity index is 1490. The monoisotopic (exact) mass is 702 g/mol. The molecule has 2 aromatic rings. The van der Waals surface area contributed by atoms with Gasteiger partial charge in [-0.2, -0.15) is 26.3 Å². The Hall–Kier alpha value is -3.30. The maximum absolute atomic E-state index is 14.1. The molecule has 4 saturated heterocycles. The molecule has 6 rings (SSSR count). The summed E-state index contributed by atoms with van der Waals surface area (Å²) in [6, 6.07) is 3.60. The third kappa shape index (κ3) is 8.04. The maximum Gasteiger partial charge on any atom is 0.416 e. The Morgan fingerprint density at radius 1 is 0.755 bits per heavy atom. The van der Waals surface area contributed by atoms with Gasteiger partial charge in [0.1, 0.15) is 0 Å². The normalized spacial score (nSPS) is 26.0. The van der Waals surface area contributed by atoms with Crippen LogP contribution in [0.3, 0.4) is 0 Å². The summed E-state index contributed by atoms with van der Waals surface area (Å²) in [4.78, 5) is 34.4. The molecule has 4 aliphatic rings. The number of alkyl halides is 6. The molecule has 1 unspecified atom stereocenters. The highest BCUT2D eigenvalue weighted by Crippen LogP contribution is 2.37. The molecule has 2 aromatic carbocycles. The van der Waals surface area contributed by atoms with E-state index in [4.69, 9.17) is 4.74 Å². The van der Waals surface area contributed by atoms with Crippen LogP contribution in [0.4, 0.5) is 35.1 Å².